The van der Waals surface area contributed by atoms with E-state index in [1.165, 1.54) is 6.42 Å². The van der Waals surface area contributed by atoms with Gasteiger partial charge in [0.15, 0.2) is 5.82 Å². The minimum Gasteiger partial charge on any atom is -0.488 e. The summed E-state index contributed by atoms with van der Waals surface area (Å²) in [6.45, 7) is 1.34. The highest BCUT2D eigenvalue weighted by molar-refractivity contribution is 5.88. The Morgan fingerprint density at radius 2 is 1.86 bits per heavy atom. The fraction of sp³-hybridized carbons (Fsp3) is 0.261. The molecule has 0 N–H and O–H groups in total. The SMILES string of the molecule is N#C/C(=C\c1ccccc1OCc1ccccc1)c1nnc2n1CCCCC2. The van der Waals surface area contributed by atoms with Crippen LogP contribution in [0.3, 0.4) is 0 Å². The molecule has 0 amide bonds. The van der Waals surface area contributed by atoms with E-state index in [2.05, 4.69) is 20.8 Å². The highest BCUT2D eigenvalue weighted by atomic mass is 16.5. The molecule has 0 aliphatic carbocycles. The average Bonchev–Trinajstić information content (AvgIpc) is 2.99. The van der Waals surface area contributed by atoms with Crippen molar-refractivity contribution in [3.63, 3.8) is 0 Å². The van der Waals surface area contributed by atoms with Gasteiger partial charge in [-0.15, -0.1) is 10.2 Å². The minimum absolute atomic E-state index is 0.480. The number of para-hydroxylation sites is 1. The van der Waals surface area contributed by atoms with Crippen LogP contribution >= 0.6 is 0 Å². The van der Waals surface area contributed by atoms with Gasteiger partial charge in [0.05, 0.1) is 5.57 Å². The van der Waals surface area contributed by atoms with Crippen LogP contribution in [0.25, 0.3) is 11.6 Å². The quantitative estimate of drug-likeness (QED) is 0.613. The monoisotopic (exact) mass is 370 g/mol. The van der Waals surface area contributed by atoms with Gasteiger partial charge in [-0.05, 0) is 30.5 Å². The molecule has 2 aromatic carbocycles. The normalized spacial score (nSPS) is 14.0. The first kappa shape index (κ1) is 18.0. The van der Waals surface area contributed by atoms with Crippen LogP contribution in [0, 0.1) is 11.3 Å². The smallest absolute Gasteiger partial charge is 0.174 e. The molecule has 3 aromatic rings. The summed E-state index contributed by atoms with van der Waals surface area (Å²) in [6.07, 6.45) is 6.17. The molecule has 1 aliphatic heterocycles. The summed E-state index contributed by atoms with van der Waals surface area (Å²) in [4.78, 5) is 0. The molecule has 1 aliphatic rings. The predicted octanol–water partition coefficient (Wildman–Crippen LogP) is 4.65. The van der Waals surface area contributed by atoms with E-state index in [4.69, 9.17) is 4.74 Å². The van der Waals surface area contributed by atoms with Crippen molar-refractivity contribution < 1.29 is 4.74 Å². The molecule has 1 aromatic heterocycles. The second-order valence-electron chi connectivity index (χ2n) is 6.88. The van der Waals surface area contributed by atoms with Crippen molar-refractivity contribution in [3.8, 4) is 11.8 Å². The summed E-state index contributed by atoms with van der Waals surface area (Å²) < 4.78 is 8.11. The molecule has 0 bridgehead atoms. The zero-order valence-electron chi connectivity index (χ0n) is 15.7. The van der Waals surface area contributed by atoms with Gasteiger partial charge in [-0.1, -0.05) is 55.0 Å². The first-order valence-electron chi connectivity index (χ1n) is 9.65. The van der Waals surface area contributed by atoms with Gasteiger partial charge in [0, 0.05) is 18.5 Å². The number of nitriles is 1. The van der Waals surface area contributed by atoms with E-state index in [1.54, 1.807) is 0 Å². The lowest BCUT2D eigenvalue weighted by Crippen LogP contribution is -2.05. The van der Waals surface area contributed by atoms with Gasteiger partial charge >= 0.3 is 0 Å². The van der Waals surface area contributed by atoms with Crippen molar-refractivity contribution >= 4 is 11.6 Å². The van der Waals surface area contributed by atoms with Crippen molar-refractivity contribution in [2.75, 3.05) is 0 Å². The van der Waals surface area contributed by atoms with Gasteiger partial charge in [0.2, 0.25) is 0 Å². The number of allylic oxidation sites excluding steroid dienone is 1. The maximum absolute atomic E-state index is 9.79. The molecule has 140 valence electrons. The third kappa shape index (κ3) is 3.96. The molecule has 0 saturated heterocycles. The van der Waals surface area contributed by atoms with E-state index < -0.39 is 0 Å². The van der Waals surface area contributed by atoms with Gasteiger partial charge in [0.1, 0.15) is 24.3 Å². The van der Waals surface area contributed by atoms with E-state index >= 15 is 0 Å². The van der Waals surface area contributed by atoms with Crippen LogP contribution in [-0.2, 0) is 19.6 Å². The van der Waals surface area contributed by atoms with Gasteiger partial charge in [-0.25, -0.2) is 0 Å². The number of ether oxygens (including phenoxy) is 1. The van der Waals surface area contributed by atoms with E-state index in [-0.39, 0.29) is 0 Å². The van der Waals surface area contributed by atoms with E-state index in [9.17, 15) is 5.26 Å². The Hall–Kier alpha value is -3.39. The van der Waals surface area contributed by atoms with Crippen LogP contribution in [0.4, 0.5) is 0 Å². The summed E-state index contributed by atoms with van der Waals surface area (Å²) in [5.41, 5.74) is 2.47. The van der Waals surface area contributed by atoms with Crippen LogP contribution in [-0.4, -0.2) is 14.8 Å². The van der Waals surface area contributed by atoms with Crippen molar-refractivity contribution in [2.24, 2.45) is 0 Å². The van der Waals surface area contributed by atoms with Gasteiger partial charge in [-0.2, -0.15) is 5.26 Å². The number of hydrogen-bond donors (Lipinski definition) is 0. The van der Waals surface area contributed by atoms with Crippen LogP contribution in [0.1, 0.15) is 42.0 Å². The van der Waals surface area contributed by atoms with Gasteiger partial charge in [-0.3, -0.25) is 0 Å². The highest BCUT2D eigenvalue weighted by Gasteiger charge is 2.18. The number of fused-ring (bicyclic) bond motifs is 1. The maximum atomic E-state index is 9.79. The van der Waals surface area contributed by atoms with Crippen LogP contribution < -0.4 is 4.74 Å². The van der Waals surface area contributed by atoms with Gasteiger partial charge in [0.25, 0.3) is 0 Å². The number of hydrogen-bond acceptors (Lipinski definition) is 4. The zero-order chi connectivity index (χ0) is 19.2. The minimum atomic E-state index is 0.480. The standard InChI is InChI=1S/C23H22N4O/c24-16-20(23-26-25-22-13-5-2-8-14-27(22)23)15-19-11-6-7-12-21(19)28-17-18-9-3-1-4-10-18/h1,3-4,6-7,9-12,15H,2,5,8,13-14,17H2/b20-15+. The number of nitrogens with zero attached hydrogens (tertiary/aromatic N) is 4. The average molecular weight is 370 g/mol. The fourth-order valence-electron chi connectivity index (χ4n) is 3.45. The Morgan fingerprint density at radius 1 is 1.04 bits per heavy atom. The molecule has 28 heavy (non-hydrogen) atoms. The number of aryl methyl sites for hydroxylation is 1. The summed E-state index contributed by atoms with van der Waals surface area (Å²) >= 11 is 0. The molecule has 0 atom stereocenters. The van der Waals surface area contributed by atoms with Crippen molar-refractivity contribution in [2.45, 2.75) is 38.8 Å². The second kappa shape index (κ2) is 8.53. The third-order valence-electron chi connectivity index (χ3n) is 4.93. The summed E-state index contributed by atoms with van der Waals surface area (Å²) in [7, 11) is 0. The lowest BCUT2D eigenvalue weighted by Gasteiger charge is -2.10. The Morgan fingerprint density at radius 3 is 2.71 bits per heavy atom. The highest BCUT2D eigenvalue weighted by Crippen LogP contribution is 2.26. The van der Waals surface area contributed by atoms with Gasteiger partial charge < -0.3 is 9.30 Å². The Labute approximate surface area is 164 Å². The summed E-state index contributed by atoms with van der Waals surface area (Å²) in [6, 6.07) is 20.1. The second-order valence-corrected chi connectivity index (χ2v) is 6.88. The number of rotatable bonds is 5. The molecule has 5 heteroatoms. The molecule has 0 saturated carbocycles. The van der Waals surface area contributed by atoms with Crippen molar-refractivity contribution in [1.29, 1.82) is 5.26 Å². The number of aromatic nitrogens is 3. The molecule has 0 spiro atoms. The summed E-state index contributed by atoms with van der Waals surface area (Å²) in [5.74, 6) is 2.37. The first-order chi connectivity index (χ1) is 13.8. The lowest BCUT2D eigenvalue weighted by molar-refractivity contribution is 0.305. The Bertz CT molecular complexity index is 1010. The predicted molar refractivity (Wildman–Crippen MR) is 108 cm³/mol. The molecule has 0 unspecified atom stereocenters. The molecule has 0 fully saturated rings. The molecule has 0 radical (unpaired) electrons. The van der Waals surface area contributed by atoms with Crippen molar-refractivity contribution in [3.05, 3.63) is 77.4 Å². The largest absolute Gasteiger partial charge is 0.488 e. The molecular formula is C23H22N4O. The van der Waals surface area contributed by atoms with Crippen LogP contribution in [0.5, 0.6) is 5.75 Å². The third-order valence-corrected chi connectivity index (χ3v) is 4.93. The summed E-state index contributed by atoms with van der Waals surface area (Å²) in [5, 5.41) is 18.4. The fourth-order valence-corrected chi connectivity index (χ4v) is 3.45. The van der Waals surface area contributed by atoms with Crippen LogP contribution in [0.2, 0.25) is 0 Å². The molecule has 5 nitrogen and oxygen atoms in total. The first-order valence-corrected chi connectivity index (χ1v) is 9.65. The van der Waals surface area contributed by atoms with E-state index in [1.807, 2.05) is 60.7 Å². The number of benzene rings is 2. The van der Waals surface area contributed by atoms with E-state index in [0.29, 0.717) is 18.0 Å². The zero-order valence-corrected chi connectivity index (χ0v) is 15.7. The Balaban J connectivity index is 1.63. The Kier molecular flexibility index (Phi) is 5.48. The molecule has 4 rings (SSSR count). The van der Waals surface area contributed by atoms with E-state index in [0.717, 1.165) is 48.5 Å². The maximum Gasteiger partial charge on any atom is 0.174 e. The topological polar surface area (TPSA) is 63.7 Å². The molecular weight excluding hydrogens is 348 g/mol. The lowest BCUT2D eigenvalue weighted by atomic mass is 10.1. The van der Waals surface area contributed by atoms with Crippen LogP contribution in [0.15, 0.2) is 54.6 Å². The molecule has 2 heterocycles. The van der Waals surface area contributed by atoms with Crippen molar-refractivity contribution in [1.82, 2.24) is 14.8 Å².